The van der Waals surface area contributed by atoms with E-state index in [0.717, 1.165) is 6.42 Å². The van der Waals surface area contributed by atoms with Gasteiger partial charge in [-0.1, -0.05) is 30.3 Å². The zero-order valence-corrected chi connectivity index (χ0v) is 13.6. The van der Waals surface area contributed by atoms with E-state index in [0.29, 0.717) is 13.0 Å². The lowest BCUT2D eigenvalue weighted by atomic mass is 10.1. The summed E-state index contributed by atoms with van der Waals surface area (Å²) in [4.78, 5) is 12.1. The molecule has 0 radical (unpaired) electrons. The Morgan fingerprint density at radius 1 is 1.22 bits per heavy atom. The Balaban J connectivity index is 1.55. The number of benzene rings is 1. The van der Waals surface area contributed by atoms with E-state index in [9.17, 15) is 4.79 Å². The van der Waals surface area contributed by atoms with Crippen molar-refractivity contribution in [1.29, 1.82) is 0 Å². The van der Waals surface area contributed by atoms with E-state index in [4.69, 9.17) is 0 Å². The smallest absolute Gasteiger partial charge is 0.220 e. The number of amides is 1. The third-order valence-corrected chi connectivity index (χ3v) is 4.45. The number of aromatic nitrogens is 2. The van der Waals surface area contributed by atoms with Crippen molar-refractivity contribution < 1.29 is 4.79 Å². The molecule has 2 aromatic heterocycles. The number of nitrogens with zero attached hydrogens (tertiary/aromatic N) is 2. The molecule has 0 aliphatic heterocycles. The molecule has 4 nitrogen and oxygen atoms in total. The number of thiophene rings is 1. The lowest BCUT2D eigenvalue weighted by Crippen LogP contribution is -2.31. The highest BCUT2D eigenvalue weighted by Crippen LogP contribution is 2.19. The van der Waals surface area contributed by atoms with E-state index < -0.39 is 0 Å². The molecule has 2 heterocycles. The second-order valence-electron chi connectivity index (χ2n) is 5.35. The van der Waals surface area contributed by atoms with Gasteiger partial charge in [0.2, 0.25) is 5.91 Å². The van der Waals surface area contributed by atoms with E-state index in [1.165, 1.54) is 11.1 Å². The molecule has 0 spiro atoms. The molecule has 1 atom stereocenters. The van der Waals surface area contributed by atoms with Crippen molar-refractivity contribution >= 4 is 17.2 Å². The molecule has 5 heteroatoms. The Kier molecular flexibility index (Phi) is 5.21. The Bertz CT molecular complexity index is 674. The predicted molar refractivity (Wildman–Crippen MR) is 92.5 cm³/mol. The van der Waals surface area contributed by atoms with Crippen LogP contribution in [-0.2, 0) is 11.2 Å². The van der Waals surface area contributed by atoms with Gasteiger partial charge in [-0.15, -0.1) is 0 Å². The van der Waals surface area contributed by atoms with E-state index in [-0.39, 0.29) is 11.9 Å². The molecule has 3 aromatic rings. The summed E-state index contributed by atoms with van der Waals surface area (Å²) in [5.74, 6) is 0.0706. The van der Waals surface area contributed by atoms with E-state index >= 15 is 0 Å². The van der Waals surface area contributed by atoms with Crippen LogP contribution in [0.2, 0.25) is 0 Å². The fraction of sp³-hybridized carbons (Fsp3) is 0.222. The molecule has 3 rings (SSSR count). The molecule has 118 valence electrons. The number of carbonyl (C=O) groups excluding carboxylic acids is 1. The highest BCUT2D eigenvalue weighted by molar-refractivity contribution is 7.07. The summed E-state index contributed by atoms with van der Waals surface area (Å²) in [6.45, 7) is 0.548. The summed E-state index contributed by atoms with van der Waals surface area (Å²) >= 11 is 1.65. The van der Waals surface area contributed by atoms with Crippen LogP contribution in [0, 0.1) is 0 Å². The first-order valence-corrected chi connectivity index (χ1v) is 8.59. The number of rotatable bonds is 7. The van der Waals surface area contributed by atoms with Crippen LogP contribution in [0.5, 0.6) is 0 Å². The van der Waals surface area contributed by atoms with E-state index in [1.54, 1.807) is 17.5 Å². The molecule has 0 unspecified atom stereocenters. The molecule has 0 saturated heterocycles. The third kappa shape index (κ3) is 4.29. The highest BCUT2D eigenvalue weighted by atomic mass is 32.1. The first-order valence-electron chi connectivity index (χ1n) is 7.65. The van der Waals surface area contributed by atoms with Gasteiger partial charge in [-0.25, -0.2) is 0 Å². The van der Waals surface area contributed by atoms with Crippen molar-refractivity contribution in [3.63, 3.8) is 0 Å². The molecule has 0 saturated carbocycles. The summed E-state index contributed by atoms with van der Waals surface area (Å²) < 4.78 is 1.89. The average Bonchev–Trinajstić information content (AvgIpc) is 3.28. The molecule has 23 heavy (non-hydrogen) atoms. The largest absolute Gasteiger partial charge is 0.354 e. The first kappa shape index (κ1) is 15.5. The number of hydrogen-bond donors (Lipinski definition) is 1. The quantitative estimate of drug-likeness (QED) is 0.724. The number of aryl methyl sites for hydroxylation is 1. The van der Waals surface area contributed by atoms with Crippen LogP contribution in [0.1, 0.15) is 23.6 Å². The lowest BCUT2D eigenvalue weighted by molar-refractivity contribution is -0.121. The summed E-state index contributed by atoms with van der Waals surface area (Å²) in [5, 5.41) is 11.5. The van der Waals surface area contributed by atoms with Gasteiger partial charge < -0.3 is 5.32 Å². The number of carbonyl (C=O) groups is 1. The van der Waals surface area contributed by atoms with E-state index in [1.807, 2.05) is 52.7 Å². The van der Waals surface area contributed by atoms with Gasteiger partial charge in [-0.2, -0.15) is 16.4 Å². The zero-order valence-electron chi connectivity index (χ0n) is 12.8. The second kappa shape index (κ2) is 7.74. The fourth-order valence-corrected chi connectivity index (χ4v) is 3.20. The van der Waals surface area contributed by atoms with Crippen LogP contribution in [-0.4, -0.2) is 22.2 Å². The maximum atomic E-state index is 12.1. The van der Waals surface area contributed by atoms with Crippen molar-refractivity contribution in [2.45, 2.75) is 18.9 Å². The monoisotopic (exact) mass is 325 g/mol. The molecule has 1 aromatic carbocycles. The predicted octanol–water partition coefficient (Wildman–Crippen LogP) is 3.28. The van der Waals surface area contributed by atoms with Gasteiger partial charge in [0.25, 0.3) is 0 Å². The summed E-state index contributed by atoms with van der Waals surface area (Å²) in [6.07, 6.45) is 4.95. The average molecular weight is 325 g/mol. The van der Waals surface area contributed by atoms with Crippen LogP contribution in [0.4, 0.5) is 0 Å². The van der Waals surface area contributed by atoms with Crippen LogP contribution in [0.3, 0.4) is 0 Å². The van der Waals surface area contributed by atoms with Gasteiger partial charge >= 0.3 is 0 Å². The van der Waals surface area contributed by atoms with Crippen LogP contribution in [0.15, 0.2) is 65.6 Å². The van der Waals surface area contributed by atoms with Crippen molar-refractivity contribution in [3.05, 3.63) is 76.7 Å². The molecule has 0 fully saturated rings. The Hall–Kier alpha value is -2.40. The van der Waals surface area contributed by atoms with Gasteiger partial charge in [0.05, 0.1) is 6.04 Å². The van der Waals surface area contributed by atoms with E-state index in [2.05, 4.69) is 21.9 Å². The number of hydrogen-bond acceptors (Lipinski definition) is 3. The summed E-state index contributed by atoms with van der Waals surface area (Å²) in [6, 6.07) is 14.1. The Labute approximate surface area is 139 Å². The van der Waals surface area contributed by atoms with Crippen molar-refractivity contribution in [2.24, 2.45) is 0 Å². The van der Waals surface area contributed by atoms with Gasteiger partial charge in [0.1, 0.15) is 0 Å². The number of nitrogens with one attached hydrogen (secondary N) is 1. The van der Waals surface area contributed by atoms with Crippen molar-refractivity contribution in [2.75, 3.05) is 6.54 Å². The van der Waals surface area contributed by atoms with Crippen LogP contribution >= 0.6 is 11.3 Å². The molecular weight excluding hydrogens is 306 g/mol. The zero-order chi connectivity index (χ0) is 15.9. The van der Waals surface area contributed by atoms with Gasteiger partial charge in [0.15, 0.2) is 0 Å². The van der Waals surface area contributed by atoms with Crippen molar-refractivity contribution in [3.8, 4) is 0 Å². The summed E-state index contributed by atoms with van der Waals surface area (Å²) in [5.41, 5.74) is 2.35. The molecule has 1 amide bonds. The minimum atomic E-state index is 0.0388. The maximum absolute atomic E-state index is 12.1. The SMILES string of the molecule is O=C(CCc1ccccc1)NC[C@@H](c1ccsc1)n1cccn1. The minimum Gasteiger partial charge on any atom is -0.354 e. The van der Waals surface area contributed by atoms with Gasteiger partial charge in [0, 0.05) is 25.4 Å². The normalized spacial score (nSPS) is 12.0. The summed E-state index contributed by atoms with van der Waals surface area (Å²) in [7, 11) is 0. The standard InChI is InChI=1S/C18H19N3OS/c22-18(8-7-15-5-2-1-3-6-15)19-13-17(16-9-12-23-14-16)21-11-4-10-20-21/h1-6,9-12,14,17H,7-8,13H2,(H,19,22)/t17-/m0/s1. The fourth-order valence-electron chi connectivity index (χ4n) is 2.50. The molecule has 1 N–H and O–H groups in total. The van der Waals surface area contributed by atoms with Gasteiger partial charge in [-0.05, 0) is 40.4 Å². The highest BCUT2D eigenvalue weighted by Gasteiger charge is 2.15. The van der Waals surface area contributed by atoms with Crippen LogP contribution < -0.4 is 5.32 Å². The first-order chi connectivity index (χ1) is 11.3. The van der Waals surface area contributed by atoms with Crippen LogP contribution in [0.25, 0.3) is 0 Å². The molecule has 0 aliphatic rings. The van der Waals surface area contributed by atoms with Crippen molar-refractivity contribution in [1.82, 2.24) is 15.1 Å². The topological polar surface area (TPSA) is 46.9 Å². The molecule has 0 aliphatic carbocycles. The lowest BCUT2D eigenvalue weighted by Gasteiger charge is -2.17. The Morgan fingerprint density at radius 3 is 2.78 bits per heavy atom. The maximum Gasteiger partial charge on any atom is 0.220 e. The van der Waals surface area contributed by atoms with Gasteiger partial charge in [-0.3, -0.25) is 9.48 Å². The molecule has 0 bridgehead atoms. The minimum absolute atomic E-state index is 0.0388. The second-order valence-corrected chi connectivity index (χ2v) is 6.13. The Morgan fingerprint density at radius 2 is 2.09 bits per heavy atom. The third-order valence-electron chi connectivity index (χ3n) is 3.75. The molecular formula is C18H19N3OS.